The van der Waals surface area contributed by atoms with Crippen molar-refractivity contribution in [2.24, 2.45) is 0 Å². The average Bonchev–Trinajstić information content (AvgIpc) is 2.47. The highest BCUT2D eigenvalue weighted by atomic mass is 16.1. The summed E-state index contributed by atoms with van der Waals surface area (Å²) in [5.74, 6) is -0.228. The van der Waals surface area contributed by atoms with E-state index in [0.29, 0.717) is 11.3 Å². The van der Waals surface area contributed by atoms with Gasteiger partial charge in [0.25, 0.3) is 0 Å². The zero-order chi connectivity index (χ0) is 13.5. The van der Waals surface area contributed by atoms with E-state index in [-0.39, 0.29) is 5.91 Å². The third-order valence-electron chi connectivity index (χ3n) is 2.39. The molecule has 0 unspecified atom stereocenters. The Kier molecular flexibility index (Phi) is 4.04. The minimum absolute atomic E-state index is 0.228. The van der Waals surface area contributed by atoms with E-state index in [9.17, 15) is 4.79 Å². The standard InChI is InChI=1S/C15H11N3O/c16-10-12-3-6-14(7-4-12)18-15(19)8-5-13-2-1-9-17-11-13/h1-9,11H,(H,18,19)/b8-5+. The predicted molar refractivity (Wildman–Crippen MR) is 73.1 cm³/mol. The SMILES string of the molecule is N#Cc1ccc(NC(=O)/C=C/c2cccnc2)cc1. The Hall–Kier alpha value is -2.93. The molecule has 0 atom stereocenters. The molecule has 1 heterocycles. The number of hydrogen-bond acceptors (Lipinski definition) is 3. The first-order valence-electron chi connectivity index (χ1n) is 5.67. The zero-order valence-corrected chi connectivity index (χ0v) is 10.1. The van der Waals surface area contributed by atoms with E-state index in [1.54, 1.807) is 48.8 Å². The average molecular weight is 249 g/mol. The maximum absolute atomic E-state index is 11.7. The van der Waals surface area contributed by atoms with Gasteiger partial charge >= 0.3 is 0 Å². The van der Waals surface area contributed by atoms with Crippen LogP contribution in [0.1, 0.15) is 11.1 Å². The van der Waals surface area contributed by atoms with Crippen molar-refractivity contribution in [3.05, 3.63) is 66.0 Å². The van der Waals surface area contributed by atoms with Gasteiger partial charge in [0.1, 0.15) is 0 Å². The largest absolute Gasteiger partial charge is 0.323 e. The van der Waals surface area contributed by atoms with Crippen LogP contribution in [-0.2, 0) is 4.79 Å². The van der Waals surface area contributed by atoms with Crippen molar-refractivity contribution in [1.82, 2.24) is 4.98 Å². The molecule has 19 heavy (non-hydrogen) atoms. The Balaban J connectivity index is 1.98. The van der Waals surface area contributed by atoms with Crippen LogP contribution in [0, 0.1) is 11.3 Å². The zero-order valence-electron chi connectivity index (χ0n) is 10.1. The number of nitrogens with one attached hydrogen (secondary N) is 1. The molecule has 0 saturated heterocycles. The molecule has 0 saturated carbocycles. The first kappa shape index (κ1) is 12.5. The lowest BCUT2D eigenvalue weighted by Gasteiger charge is -2.01. The molecule has 1 aromatic carbocycles. The molecule has 0 aliphatic rings. The normalized spacial score (nSPS) is 10.1. The molecule has 2 rings (SSSR count). The van der Waals surface area contributed by atoms with Crippen molar-refractivity contribution < 1.29 is 4.79 Å². The molecule has 92 valence electrons. The van der Waals surface area contributed by atoms with E-state index in [1.807, 2.05) is 12.1 Å². The number of carbonyl (C=O) groups excluding carboxylic acids is 1. The van der Waals surface area contributed by atoms with E-state index in [2.05, 4.69) is 10.3 Å². The van der Waals surface area contributed by atoms with Gasteiger partial charge in [-0.3, -0.25) is 9.78 Å². The molecule has 0 bridgehead atoms. The van der Waals surface area contributed by atoms with Crippen molar-refractivity contribution in [1.29, 1.82) is 5.26 Å². The van der Waals surface area contributed by atoms with Gasteiger partial charge in [-0.2, -0.15) is 5.26 Å². The molecule has 1 aromatic heterocycles. The lowest BCUT2D eigenvalue weighted by molar-refractivity contribution is -0.111. The van der Waals surface area contributed by atoms with Crippen molar-refractivity contribution in [3.63, 3.8) is 0 Å². The molecule has 0 radical (unpaired) electrons. The monoisotopic (exact) mass is 249 g/mol. The van der Waals surface area contributed by atoms with Crippen LogP contribution < -0.4 is 5.32 Å². The third-order valence-corrected chi connectivity index (χ3v) is 2.39. The molecule has 1 N–H and O–H groups in total. The maximum Gasteiger partial charge on any atom is 0.248 e. The summed E-state index contributed by atoms with van der Waals surface area (Å²) in [5.41, 5.74) is 2.07. The first-order valence-corrected chi connectivity index (χ1v) is 5.67. The van der Waals surface area contributed by atoms with Gasteiger partial charge in [0.15, 0.2) is 0 Å². The number of aromatic nitrogens is 1. The van der Waals surface area contributed by atoms with Gasteiger partial charge in [-0.25, -0.2) is 0 Å². The fraction of sp³-hybridized carbons (Fsp3) is 0. The molecule has 1 amide bonds. The van der Waals surface area contributed by atoms with Crippen LogP contribution in [0.25, 0.3) is 6.08 Å². The second-order valence-corrected chi connectivity index (χ2v) is 3.80. The number of amides is 1. The van der Waals surface area contributed by atoms with Gasteiger partial charge in [-0.05, 0) is 42.0 Å². The van der Waals surface area contributed by atoms with E-state index in [1.165, 1.54) is 6.08 Å². The van der Waals surface area contributed by atoms with Gasteiger partial charge < -0.3 is 5.32 Å². The smallest absolute Gasteiger partial charge is 0.248 e. The number of anilines is 1. The molecule has 0 spiro atoms. The van der Waals surface area contributed by atoms with Gasteiger partial charge in [0.2, 0.25) is 5.91 Å². The van der Waals surface area contributed by atoms with Crippen LogP contribution in [0.15, 0.2) is 54.9 Å². The van der Waals surface area contributed by atoms with Crippen LogP contribution >= 0.6 is 0 Å². The number of rotatable bonds is 3. The molecule has 0 aliphatic heterocycles. The molecule has 0 fully saturated rings. The molecule has 0 aliphatic carbocycles. The Morgan fingerprint density at radius 3 is 2.68 bits per heavy atom. The lowest BCUT2D eigenvalue weighted by atomic mass is 10.2. The molecule has 4 heteroatoms. The van der Waals surface area contributed by atoms with Crippen LogP contribution in [0.2, 0.25) is 0 Å². The highest BCUT2D eigenvalue weighted by Gasteiger charge is 1.98. The number of hydrogen-bond donors (Lipinski definition) is 1. The number of nitriles is 1. The summed E-state index contributed by atoms with van der Waals surface area (Å²) in [5, 5.41) is 11.4. The molecule has 2 aromatic rings. The lowest BCUT2D eigenvalue weighted by Crippen LogP contribution is -2.07. The Morgan fingerprint density at radius 2 is 2.05 bits per heavy atom. The summed E-state index contributed by atoms with van der Waals surface area (Å²) >= 11 is 0. The maximum atomic E-state index is 11.7. The third kappa shape index (κ3) is 3.79. The van der Waals surface area contributed by atoms with Crippen LogP contribution in [-0.4, -0.2) is 10.9 Å². The van der Waals surface area contributed by atoms with Crippen LogP contribution in [0.5, 0.6) is 0 Å². The van der Waals surface area contributed by atoms with E-state index < -0.39 is 0 Å². The summed E-state index contributed by atoms with van der Waals surface area (Å²) in [6, 6.07) is 12.4. The van der Waals surface area contributed by atoms with Gasteiger partial charge in [0.05, 0.1) is 11.6 Å². The first-order chi connectivity index (χ1) is 9.28. The fourth-order valence-corrected chi connectivity index (χ4v) is 1.46. The predicted octanol–water partition coefficient (Wildman–Crippen LogP) is 2.61. The summed E-state index contributed by atoms with van der Waals surface area (Å²) < 4.78 is 0. The second kappa shape index (κ2) is 6.12. The molecular formula is C15H11N3O. The quantitative estimate of drug-likeness (QED) is 0.850. The van der Waals surface area contributed by atoms with Crippen molar-refractivity contribution in [3.8, 4) is 6.07 Å². The van der Waals surface area contributed by atoms with Crippen LogP contribution in [0.3, 0.4) is 0 Å². The Labute approximate surface area is 111 Å². The van der Waals surface area contributed by atoms with E-state index >= 15 is 0 Å². The Bertz CT molecular complexity index is 625. The fourth-order valence-electron chi connectivity index (χ4n) is 1.46. The topological polar surface area (TPSA) is 65.8 Å². The highest BCUT2D eigenvalue weighted by Crippen LogP contribution is 2.09. The summed E-state index contributed by atoms with van der Waals surface area (Å²) in [4.78, 5) is 15.6. The van der Waals surface area contributed by atoms with E-state index in [4.69, 9.17) is 5.26 Å². The van der Waals surface area contributed by atoms with Gasteiger partial charge in [0, 0.05) is 24.2 Å². The molecular weight excluding hydrogens is 238 g/mol. The number of carbonyl (C=O) groups is 1. The van der Waals surface area contributed by atoms with E-state index in [0.717, 1.165) is 5.56 Å². The summed E-state index contributed by atoms with van der Waals surface area (Å²) in [6.07, 6.45) is 6.47. The second-order valence-electron chi connectivity index (χ2n) is 3.80. The molecule has 4 nitrogen and oxygen atoms in total. The summed E-state index contributed by atoms with van der Waals surface area (Å²) in [6.45, 7) is 0. The van der Waals surface area contributed by atoms with Gasteiger partial charge in [-0.15, -0.1) is 0 Å². The van der Waals surface area contributed by atoms with Crippen LogP contribution in [0.4, 0.5) is 5.69 Å². The van der Waals surface area contributed by atoms with Gasteiger partial charge in [-0.1, -0.05) is 6.07 Å². The van der Waals surface area contributed by atoms with Crippen molar-refractivity contribution >= 4 is 17.7 Å². The number of benzene rings is 1. The minimum Gasteiger partial charge on any atom is -0.323 e. The summed E-state index contributed by atoms with van der Waals surface area (Å²) in [7, 11) is 0. The van der Waals surface area contributed by atoms with Crippen molar-refractivity contribution in [2.75, 3.05) is 5.32 Å². The Morgan fingerprint density at radius 1 is 1.26 bits per heavy atom. The number of pyridine rings is 1. The minimum atomic E-state index is -0.228. The highest BCUT2D eigenvalue weighted by molar-refractivity contribution is 6.01. The van der Waals surface area contributed by atoms with Crippen molar-refractivity contribution in [2.45, 2.75) is 0 Å². The number of nitrogens with zero attached hydrogens (tertiary/aromatic N) is 2.